The molecule has 0 aromatic heterocycles. The fourth-order valence-corrected chi connectivity index (χ4v) is 5.99. The molecule has 0 aromatic carbocycles. The van der Waals surface area contributed by atoms with E-state index in [1.807, 2.05) is 4.90 Å². The van der Waals surface area contributed by atoms with Crippen LogP contribution >= 0.6 is 0 Å². The average Bonchev–Trinajstić information content (AvgIpc) is 3.17. The highest BCUT2D eigenvalue weighted by molar-refractivity contribution is 5.82. The van der Waals surface area contributed by atoms with Crippen LogP contribution in [0.3, 0.4) is 0 Å². The van der Waals surface area contributed by atoms with Gasteiger partial charge in [-0.1, -0.05) is 19.3 Å². The molecular weight excluding hydrogens is 338 g/mol. The number of alkyl halides is 2. The van der Waals surface area contributed by atoms with Gasteiger partial charge in [-0.05, 0) is 24.7 Å². The molecule has 3 heterocycles. The molecule has 5 nitrogen and oxygen atoms in total. The molecular formula is C19H30F2N4O. The van der Waals surface area contributed by atoms with Crippen molar-refractivity contribution >= 4 is 5.91 Å². The number of fused-ring (bicyclic) bond motifs is 2. The number of rotatable bonds is 2. The van der Waals surface area contributed by atoms with E-state index in [0.29, 0.717) is 24.8 Å². The number of amides is 1. The minimum absolute atomic E-state index is 0.000751. The second kappa shape index (κ2) is 6.67. The molecule has 2 N–H and O–H groups in total. The maximum Gasteiger partial charge on any atom is 0.239 e. The van der Waals surface area contributed by atoms with E-state index in [2.05, 4.69) is 15.8 Å². The van der Waals surface area contributed by atoms with Crippen LogP contribution in [0.25, 0.3) is 0 Å². The molecule has 7 atom stereocenters. The number of hydrazine groups is 1. The predicted molar refractivity (Wildman–Crippen MR) is 93.8 cm³/mol. The lowest BCUT2D eigenvalue weighted by atomic mass is 9.73. The number of hydrogen-bond acceptors (Lipinski definition) is 4. The van der Waals surface area contributed by atoms with E-state index in [9.17, 15) is 13.6 Å². The number of hydrogen-bond donors (Lipinski definition) is 2. The van der Waals surface area contributed by atoms with Crippen molar-refractivity contribution in [2.75, 3.05) is 26.2 Å². The first-order valence-corrected chi connectivity index (χ1v) is 10.4. The van der Waals surface area contributed by atoms with Crippen LogP contribution in [0.4, 0.5) is 8.78 Å². The van der Waals surface area contributed by atoms with Crippen molar-refractivity contribution < 1.29 is 13.6 Å². The van der Waals surface area contributed by atoms with E-state index in [-0.39, 0.29) is 30.3 Å². The molecule has 0 radical (unpaired) electrons. The molecule has 146 valence electrons. The van der Waals surface area contributed by atoms with Gasteiger partial charge in [0.15, 0.2) is 0 Å². The number of halogens is 2. The second-order valence-corrected chi connectivity index (χ2v) is 9.07. The molecule has 2 saturated carbocycles. The van der Waals surface area contributed by atoms with Crippen LogP contribution in [-0.2, 0) is 4.79 Å². The molecule has 7 unspecified atom stereocenters. The third-order valence-corrected chi connectivity index (χ3v) is 7.70. The lowest BCUT2D eigenvalue weighted by Crippen LogP contribution is -2.59. The van der Waals surface area contributed by atoms with Crippen molar-refractivity contribution in [3.8, 4) is 0 Å². The van der Waals surface area contributed by atoms with Gasteiger partial charge in [-0.25, -0.2) is 13.8 Å². The summed E-state index contributed by atoms with van der Waals surface area (Å²) in [7, 11) is 0. The normalized spacial score (nSPS) is 46.7. The van der Waals surface area contributed by atoms with E-state index in [0.717, 1.165) is 32.1 Å². The summed E-state index contributed by atoms with van der Waals surface area (Å²) in [6, 6.07) is -0.109. The van der Waals surface area contributed by atoms with Gasteiger partial charge < -0.3 is 10.2 Å². The van der Waals surface area contributed by atoms with Crippen LogP contribution in [-0.4, -0.2) is 72.5 Å². The molecule has 0 aromatic rings. The summed E-state index contributed by atoms with van der Waals surface area (Å²) in [5, 5.41) is 5.60. The van der Waals surface area contributed by atoms with Gasteiger partial charge in [-0.3, -0.25) is 10.2 Å². The summed E-state index contributed by atoms with van der Waals surface area (Å²) in [4.78, 5) is 15.1. The third-order valence-electron chi connectivity index (χ3n) is 7.70. The van der Waals surface area contributed by atoms with Gasteiger partial charge in [-0.15, -0.1) is 0 Å². The van der Waals surface area contributed by atoms with Crippen LogP contribution in [0.1, 0.15) is 38.5 Å². The van der Waals surface area contributed by atoms with Gasteiger partial charge in [0, 0.05) is 50.6 Å². The first-order valence-electron chi connectivity index (χ1n) is 10.4. The van der Waals surface area contributed by atoms with E-state index in [1.165, 1.54) is 19.3 Å². The molecule has 5 aliphatic rings. The van der Waals surface area contributed by atoms with Crippen molar-refractivity contribution in [3.05, 3.63) is 0 Å². The Labute approximate surface area is 153 Å². The molecule has 0 spiro atoms. The van der Waals surface area contributed by atoms with Crippen molar-refractivity contribution in [2.45, 2.75) is 69.0 Å². The van der Waals surface area contributed by atoms with Crippen molar-refractivity contribution in [3.63, 3.8) is 0 Å². The molecule has 3 saturated heterocycles. The van der Waals surface area contributed by atoms with Gasteiger partial charge >= 0.3 is 0 Å². The zero-order valence-electron chi connectivity index (χ0n) is 15.2. The second-order valence-electron chi connectivity index (χ2n) is 9.07. The molecule has 2 aliphatic carbocycles. The van der Waals surface area contributed by atoms with Crippen LogP contribution in [0.2, 0.25) is 0 Å². The summed E-state index contributed by atoms with van der Waals surface area (Å²) in [6.07, 6.45) is 2.65. The number of carbonyl (C=O) groups is 1. The van der Waals surface area contributed by atoms with E-state index in [1.54, 1.807) is 0 Å². The van der Waals surface area contributed by atoms with Crippen LogP contribution in [0, 0.1) is 17.8 Å². The van der Waals surface area contributed by atoms with Crippen molar-refractivity contribution in [2.24, 2.45) is 17.8 Å². The average molecular weight is 368 g/mol. The van der Waals surface area contributed by atoms with E-state index >= 15 is 0 Å². The number of piperazine rings is 1. The summed E-state index contributed by atoms with van der Waals surface area (Å²) in [5.74, 6) is 1.34. The number of nitrogens with zero attached hydrogens (tertiary/aromatic N) is 2. The fraction of sp³-hybridized carbons (Fsp3) is 0.947. The number of nitrogens with one attached hydrogen (secondary N) is 2. The standard InChI is InChI=1S/C19H30F2N4O/c20-12-6-15(21)13-8-17(23-16(13)7-12)19(26)24-4-5-25-18(10-24)14(9-22-25)11-2-1-3-11/h11-18,22-23H,1-10H2. The quantitative estimate of drug-likeness (QED) is 0.770. The van der Waals surface area contributed by atoms with Crippen molar-refractivity contribution in [1.29, 1.82) is 0 Å². The zero-order valence-corrected chi connectivity index (χ0v) is 15.2. The Balaban J connectivity index is 1.23. The predicted octanol–water partition coefficient (Wildman–Crippen LogP) is 1.25. The van der Waals surface area contributed by atoms with Crippen LogP contribution < -0.4 is 10.7 Å². The molecule has 7 heteroatoms. The lowest BCUT2D eigenvalue weighted by Gasteiger charge is -2.42. The largest absolute Gasteiger partial charge is 0.338 e. The molecule has 26 heavy (non-hydrogen) atoms. The maximum atomic E-state index is 14.2. The topological polar surface area (TPSA) is 47.6 Å². The molecule has 5 fully saturated rings. The Morgan fingerprint density at radius 3 is 2.65 bits per heavy atom. The summed E-state index contributed by atoms with van der Waals surface area (Å²) in [6.45, 7) is 3.38. The van der Waals surface area contributed by atoms with Gasteiger partial charge in [-0.2, -0.15) is 0 Å². The SMILES string of the molecule is O=C(C1CC2C(F)CC(F)CC2N1)N1CCN2NCC(C3CCC3)C2C1. The van der Waals surface area contributed by atoms with E-state index in [4.69, 9.17) is 0 Å². The first kappa shape index (κ1) is 17.3. The fourth-order valence-electron chi connectivity index (χ4n) is 5.99. The Morgan fingerprint density at radius 1 is 1.04 bits per heavy atom. The maximum absolute atomic E-state index is 14.2. The van der Waals surface area contributed by atoms with Crippen LogP contribution in [0.5, 0.6) is 0 Å². The van der Waals surface area contributed by atoms with Crippen molar-refractivity contribution in [1.82, 2.24) is 20.7 Å². The highest BCUT2D eigenvalue weighted by Gasteiger charge is 2.49. The highest BCUT2D eigenvalue weighted by Crippen LogP contribution is 2.40. The Morgan fingerprint density at radius 2 is 1.88 bits per heavy atom. The zero-order chi connectivity index (χ0) is 17.8. The molecule has 0 bridgehead atoms. The third kappa shape index (κ3) is 2.87. The molecule has 5 rings (SSSR count). The minimum atomic E-state index is -1.12. The van der Waals surface area contributed by atoms with E-state index < -0.39 is 12.3 Å². The van der Waals surface area contributed by atoms with Gasteiger partial charge in [0.1, 0.15) is 12.3 Å². The van der Waals surface area contributed by atoms with Gasteiger partial charge in [0.25, 0.3) is 0 Å². The number of carbonyl (C=O) groups excluding carboxylic acids is 1. The smallest absolute Gasteiger partial charge is 0.239 e. The monoisotopic (exact) mass is 368 g/mol. The lowest BCUT2D eigenvalue weighted by molar-refractivity contribution is -0.136. The molecule has 3 aliphatic heterocycles. The summed E-state index contributed by atoms with van der Waals surface area (Å²) >= 11 is 0. The van der Waals surface area contributed by atoms with Crippen LogP contribution in [0.15, 0.2) is 0 Å². The first-order chi connectivity index (χ1) is 12.6. The highest BCUT2D eigenvalue weighted by atomic mass is 19.1. The van der Waals surface area contributed by atoms with Gasteiger partial charge in [0.05, 0.1) is 6.04 Å². The Hall–Kier alpha value is -0.790. The van der Waals surface area contributed by atoms with Gasteiger partial charge in [0.2, 0.25) is 5.91 Å². The summed E-state index contributed by atoms with van der Waals surface area (Å²) < 4.78 is 27.9. The Bertz CT molecular complexity index is 560. The Kier molecular flexibility index (Phi) is 4.44. The summed E-state index contributed by atoms with van der Waals surface area (Å²) in [5.41, 5.74) is 3.53. The minimum Gasteiger partial charge on any atom is -0.338 e. The molecule has 1 amide bonds.